The fourth-order valence-corrected chi connectivity index (χ4v) is 2.91. The topological polar surface area (TPSA) is 29.1 Å². The zero-order chi connectivity index (χ0) is 10.0. The maximum atomic E-state index is 10.8. The first-order valence-corrected chi connectivity index (χ1v) is 6.66. The second-order valence-electron chi connectivity index (χ2n) is 2.44. The Labute approximate surface area is 118 Å². The van der Waals surface area contributed by atoms with Crippen molar-refractivity contribution in [2.45, 2.75) is 6.92 Å². The van der Waals surface area contributed by atoms with E-state index < -0.39 is 0 Å². The molecule has 1 aromatic rings. The van der Waals surface area contributed by atoms with E-state index in [0.717, 1.165) is 12.8 Å². The summed E-state index contributed by atoms with van der Waals surface area (Å²) in [4.78, 5) is 10.8. The van der Waals surface area contributed by atoms with Gasteiger partial charge in [0.1, 0.15) is 0 Å². The molecule has 0 atom stereocenters. The third-order valence-corrected chi connectivity index (χ3v) is 6.23. The number of nitrogens with one attached hydrogen (secondary N) is 1. The standard InChI is InChI=1S/C8H6I3NO/c1-4(13)12-5-2-6(9)8(11)7(10)3-5/h2-3H,1H3,(H,12,13). The molecule has 0 saturated carbocycles. The molecule has 0 fully saturated rings. The van der Waals surface area contributed by atoms with E-state index in [1.807, 2.05) is 12.1 Å². The van der Waals surface area contributed by atoms with Crippen LogP contribution < -0.4 is 5.32 Å². The number of hydrogen-bond donors (Lipinski definition) is 1. The predicted molar refractivity (Wildman–Crippen MR) is 78.9 cm³/mol. The van der Waals surface area contributed by atoms with Gasteiger partial charge in [-0.1, -0.05) is 0 Å². The smallest absolute Gasteiger partial charge is 0.221 e. The van der Waals surface area contributed by atoms with Crippen LogP contribution in [0, 0.1) is 10.7 Å². The molecule has 0 aromatic heterocycles. The Morgan fingerprint density at radius 1 is 1.23 bits per heavy atom. The second kappa shape index (κ2) is 5.10. The van der Waals surface area contributed by atoms with Crippen LogP contribution in [0.25, 0.3) is 0 Å². The highest BCUT2D eigenvalue weighted by Crippen LogP contribution is 2.25. The van der Waals surface area contributed by atoms with Crippen LogP contribution in [0.15, 0.2) is 12.1 Å². The molecular formula is C8H6I3NO. The van der Waals surface area contributed by atoms with Crippen LogP contribution in [0.1, 0.15) is 6.92 Å². The maximum absolute atomic E-state index is 10.8. The van der Waals surface area contributed by atoms with Crippen molar-refractivity contribution < 1.29 is 4.79 Å². The van der Waals surface area contributed by atoms with Crippen LogP contribution in [0.3, 0.4) is 0 Å². The quantitative estimate of drug-likeness (QED) is 0.453. The van der Waals surface area contributed by atoms with Crippen molar-refractivity contribution in [3.8, 4) is 0 Å². The lowest BCUT2D eigenvalue weighted by Crippen LogP contribution is -2.06. The lowest BCUT2D eigenvalue weighted by Gasteiger charge is -2.05. The van der Waals surface area contributed by atoms with Gasteiger partial charge in [0.25, 0.3) is 0 Å². The number of benzene rings is 1. The Morgan fingerprint density at radius 2 is 1.69 bits per heavy atom. The Bertz CT molecular complexity index is 328. The number of hydrogen-bond acceptors (Lipinski definition) is 1. The molecule has 0 saturated heterocycles. The Kier molecular flexibility index (Phi) is 4.69. The number of rotatable bonds is 1. The summed E-state index contributed by atoms with van der Waals surface area (Å²) in [6.45, 7) is 1.51. The molecule has 2 nitrogen and oxygen atoms in total. The summed E-state index contributed by atoms with van der Waals surface area (Å²) in [5, 5.41) is 2.76. The van der Waals surface area contributed by atoms with Crippen LogP contribution in [-0.4, -0.2) is 5.91 Å². The van der Waals surface area contributed by atoms with Crippen LogP contribution >= 0.6 is 67.8 Å². The minimum atomic E-state index is -0.0344. The van der Waals surface area contributed by atoms with Crippen LogP contribution in [0.2, 0.25) is 0 Å². The van der Waals surface area contributed by atoms with E-state index >= 15 is 0 Å². The van der Waals surface area contributed by atoms with Crippen molar-refractivity contribution in [3.63, 3.8) is 0 Å². The van der Waals surface area contributed by atoms with Gasteiger partial charge in [-0.05, 0) is 79.9 Å². The molecule has 70 valence electrons. The maximum Gasteiger partial charge on any atom is 0.221 e. The third kappa shape index (κ3) is 3.50. The van der Waals surface area contributed by atoms with Gasteiger partial charge < -0.3 is 5.32 Å². The zero-order valence-corrected chi connectivity index (χ0v) is 13.2. The lowest BCUT2D eigenvalue weighted by molar-refractivity contribution is -0.114. The minimum Gasteiger partial charge on any atom is -0.326 e. The first-order chi connectivity index (χ1) is 6.00. The summed E-state index contributed by atoms with van der Waals surface area (Å²) in [5.74, 6) is -0.0344. The fraction of sp³-hybridized carbons (Fsp3) is 0.125. The third-order valence-electron chi connectivity index (χ3n) is 1.30. The van der Waals surface area contributed by atoms with Gasteiger partial charge in [0.05, 0.1) is 0 Å². The second-order valence-corrected chi connectivity index (χ2v) is 5.84. The summed E-state index contributed by atoms with van der Waals surface area (Å²) >= 11 is 6.81. The van der Waals surface area contributed by atoms with Gasteiger partial charge in [-0.15, -0.1) is 0 Å². The first-order valence-electron chi connectivity index (χ1n) is 3.43. The van der Waals surface area contributed by atoms with Crippen molar-refractivity contribution in [3.05, 3.63) is 22.8 Å². The SMILES string of the molecule is CC(=O)Nc1cc(I)c(I)c(I)c1. The van der Waals surface area contributed by atoms with E-state index in [9.17, 15) is 4.79 Å². The van der Waals surface area contributed by atoms with Crippen molar-refractivity contribution >= 4 is 79.4 Å². The summed E-state index contributed by atoms with van der Waals surface area (Å²) in [6.07, 6.45) is 0. The van der Waals surface area contributed by atoms with E-state index in [1.165, 1.54) is 10.5 Å². The normalized spacial score (nSPS) is 9.85. The number of carbonyl (C=O) groups is 1. The molecule has 1 amide bonds. The predicted octanol–water partition coefficient (Wildman–Crippen LogP) is 3.46. The molecule has 5 heteroatoms. The molecule has 0 spiro atoms. The zero-order valence-electron chi connectivity index (χ0n) is 6.70. The Balaban J connectivity index is 3.06. The van der Waals surface area contributed by atoms with E-state index in [1.54, 1.807) is 0 Å². The molecule has 13 heavy (non-hydrogen) atoms. The van der Waals surface area contributed by atoms with Gasteiger partial charge in [0.15, 0.2) is 0 Å². The molecule has 1 rings (SSSR count). The molecule has 0 radical (unpaired) electrons. The van der Waals surface area contributed by atoms with Crippen LogP contribution in [-0.2, 0) is 4.79 Å². The van der Waals surface area contributed by atoms with Crippen molar-refractivity contribution in [1.82, 2.24) is 0 Å². The lowest BCUT2D eigenvalue weighted by atomic mass is 10.3. The molecule has 1 aromatic carbocycles. The van der Waals surface area contributed by atoms with E-state index in [4.69, 9.17) is 0 Å². The van der Waals surface area contributed by atoms with Crippen molar-refractivity contribution in [1.29, 1.82) is 0 Å². The van der Waals surface area contributed by atoms with Gasteiger partial charge in [-0.2, -0.15) is 0 Å². The molecule has 0 aliphatic heterocycles. The molecular weight excluding hydrogens is 507 g/mol. The number of anilines is 1. The number of amides is 1. The number of halogens is 3. The van der Waals surface area contributed by atoms with Gasteiger partial charge in [-0.25, -0.2) is 0 Å². The van der Waals surface area contributed by atoms with Gasteiger partial charge in [-0.3, -0.25) is 4.79 Å². The molecule has 0 heterocycles. The molecule has 0 aliphatic carbocycles. The fourth-order valence-electron chi connectivity index (χ4n) is 0.831. The summed E-state index contributed by atoms with van der Waals surface area (Å²) in [6, 6.07) is 3.93. The highest BCUT2D eigenvalue weighted by Gasteiger charge is 2.04. The Morgan fingerprint density at radius 3 is 2.08 bits per heavy atom. The highest BCUT2D eigenvalue weighted by molar-refractivity contribution is 14.1. The molecule has 1 N–H and O–H groups in total. The monoisotopic (exact) mass is 513 g/mol. The average Bonchev–Trinajstić information content (AvgIpc) is 1.98. The van der Waals surface area contributed by atoms with E-state index in [2.05, 4.69) is 73.1 Å². The largest absolute Gasteiger partial charge is 0.326 e. The van der Waals surface area contributed by atoms with Crippen molar-refractivity contribution in [2.24, 2.45) is 0 Å². The average molecular weight is 513 g/mol. The number of carbonyl (C=O) groups excluding carboxylic acids is 1. The summed E-state index contributed by atoms with van der Waals surface area (Å²) < 4.78 is 3.55. The summed E-state index contributed by atoms with van der Waals surface area (Å²) in [7, 11) is 0. The minimum absolute atomic E-state index is 0.0344. The van der Waals surface area contributed by atoms with Crippen LogP contribution in [0.4, 0.5) is 5.69 Å². The van der Waals surface area contributed by atoms with Gasteiger partial charge in [0, 0.05) is 23.3 Å². The van der Waals surface area contributed by atoms with E-state index in [-0.39, 0.29) is 5.91 Å². The van der Waals surface area contributed by atoms with E-state index in [0.29, 0.717) is 0 Å². The van der Waals surface area contributed by atoms with Gasteiger partial charge in [0.2, 0.25) is 5.91 Å². The highest BCUT2D eigenvalue weighted by atomic mass is 127. The molecule has 0 unspecified atom stereocenters. The van der Waals surface area contributed by atoms with Crippen LogP contribution in [0.5, 0.6) is 0 Å². The molecule has 0 bridgehead atoms. The molecule has 0 aliphatic rings. The van der Waals surface area contributed by atoms with Crippen molar-refractivity contribution in [2.75, 3.05) is 5.32 Å². The summed E-state index contributed by atoms with van der Waals surface area (Å²) in [5.41, 5.74) is 0.863. The van der Waals surface area contributed by atoms with Gasteiger partial charge >= 0.3 is 0 Å². The Hall–Kier alpha value is 0.880. The first kappa shape index (κ1) is 12.0.